The molecule has 0 spiro atoms. The van der Waals surface area contributed by atoms with Crippen molar-refractivity contribution in [1.82, 2.24) is 20.1 Å². The molecule has 2 N–H and O–H groups in total. The largest absolute Gasteiger partial charge is 0.348 e. The fraction of sp³-hybridized carbons (Fsp3) is 0.318. The maximum Gasteiger partial charge on any atom is 0.271 e. The summed E-state index contributed by atoms with van der Waals surface area (Å²) in [4.78, 5) is 17.2. The molecule has 1 unspecified atom stereocenters. The molecule has 0 radical (unpaired) electrons. The number of carbonyl (C=O) groups is 1. The summed E-state index contributed by atoms with van der Waals surface area (Å²) in [5.74, 6) is -0.434. The number of sulfonamides is 1. The van der Waals surface area contributed by atoms with Gasteiger partial charge in [0.25, 0.3) is 15.9 Å². The first-order chi connectivity index (χ1) is 14.9. The Kier molecular flexibility index (Phi) is 6.61. The van der Waals surface area contributed by atoms with Crippen molar-refractivity contribution in [3.8, 4) is 11.3 Å². The Morgan fingerprint density at radius 2 is 1.69 bits per heavy atom. The minimum Gasteiger partial charge on any atom is -0.348 e. The van der Waals surface area contributed by atoms with E-state index in [4.69, 9.17) is 11.6 Å². The lowest BCUT2D eigenvalue weighted by molar-refractivity contribution is 0.0901. The molecule has 170 valence electrons. The number of carbonyl (C=O) groups excluding carboxylic acids is 1. The first-order valence-electron chi connectivity index (χ1n) is 9.97. The van der Waals surface area contributed by atoms with Gasteiger partial charge in [0.1, 0.15) is 11.4 Å². The van der Waals surface area contributed by atoms with Crippen LogP contribution in [0, 0.1) is 5.41 Å². The first-order valence-corrected chi connectivity index (χ1v) is 11.8. The standard InChI is InChI=1S/C22H26ClN5O3S/c1-14(22(2,3)4)25-21(29)20-19(18(26-28(20)5)15-10-12-24-13-11-15)27-32(30,31)17-8-6-16(23)7-9-17/h6-14,27H,1-5H3,(H,25,29). The van der Waals surface area contributed by atoms with Gasteiger partial charge in [0.15, 0.2) is 5.69 Å². The van der Waals surface area contributed by atoms with Crippen LogP contribution in [0.5, 0.6) is 0 Å². The third-order valence-corrected chi connectivity index (χ3v) is 6.84. The van der Waals surface area contributed by atoms with Crippen molar-refractivity contribution in [3.05, 3.63) is 59.5 Å². The molecule has 10 heteroatoms. The predicted octanol–water partition coefficient (Wildman–Crippen LogP) is 4.10. The summed E-state index contributed by atoms with van der Waals surface area (Å²) in [7, 11) is -2.42. The van der Waals surface area contributed by atoms with E-state index in [1.807, 2.05) is 27.7 Å². The second kappa shape index (κ2) is 8.91. The van der Waals surface area contributed by atoms with Crippen molar-refractivity contribution in [2.24, 2.45) is 12.5 Å². The van der Waals surface area contributed by atoms with Gasteiger partial charge in [-0.3, -0.25) is 19.2 Å². The second-order valence-electron chi connectivity index (χ2n) is 8.55. The zero-order valence-electron chi connectivity index (χ0n) is 18.5. The third kappa shape index (κ3) is 5.11. The Hall–Kier alpha value is -2.91. The number of amides is 1. The normalized spacial score (nSPS) is 12.9. The number of halogens is 1. The van der Waals surface area contributed by atoms with Crippen molar-refractivity contribution in [1.29, 1.82) is 0 Å². The van der Waals surface area contributed by atoms with Crippen molar-refractivity contribution in [2.45, 2.75) is 38.6 Å². The van der Waals surface area contributed by atoms with Gasteiger partial charge in [-0.1, -0.05) is 32.4 Å². The van der Waals surface area contributed by atoms with Crippen LogP contribution in [0.2, 0.25) is 5.02 Å². The third-order valence-electron chi connectivity index (χ3n) is 5.22. The lowest BCUT2D eigenvalue weighted by atomic mass is 9.88. The van der Waals surface area contributed by atoms with Gasteiger partial charge in [-0.15, -0.1) is 0 Å². The summed E-state index contributed by atoms with van der Waals surface area (Å²) in [5.41, 5.74) is 0.941. The highest BCUT2D eigenvalue weighted by molar-refractivity contribution is 7.92. The van der Waals surface area contributed by atoms with Crippen LogP contribution >= 0.6 is 11.6 Å². The smallest absolute Gasteiger partial charge is 0.271 e. The van der Waals surface area contributed by atoms with E-state index in [1.165, 1.54) is 28.9 Å². The maximum absolute atomic E-state index is 13.2. The Labute approximate surface area is 193 Å². The zero-order chi connectivity index (χ0) is 23.7. The summed E-state index contributed by atoms with van der Waals surface area (Å²) in [5, 5.41) is 7.81. The number of benzene rings is 1. The summed E-state index contributed by atoms with van der Waals surface area (Å²) in [6.45, 7) is 7.92. The van der Waals surface area contributed by atoms with Gasteiger partial charge in [0.2, 0.25) is 0 Å². The molecule has 0 aliphatic heterocycles. The molecule has 1 aromatic carbocycles. The van der Waals surface area contributed by atoms with Crippen LogP contribution in [0.4, 0.5) is 5.69 Å². The van der Waals surface area contributed by atoms with E-state index in [0.29, 0.717) is 16.3 Å². The highest BCUT2D eigenvalue weighted by Gasteiger charge is 2.30. The monoisotopic (exact) mass is 475 g/mol. The Balaban J connectivity index is 2.11. The maximum atomic E-state index is 13.2. The summed E-state index contributed by atoms with van der Waals surface area (Å²) in [6, 6.07) is 8.99. The van der Waals surface area contributed by atoms with Crippen molar-refractivity contribution in [2.75, 3.05) is 4.72 Å². The summed E-state index contributed by atoms with van der Waals surface area (Å²) in [6.07, 6.45) is 3.14. The van der Waals surface area contributed by atoms with Crippen LogP contribution in [0.15, 0.2) is 53.7 Å². The van der Waals surface area contributed by atoms with E-state index in [1.54, 1.807) is 31.6 Å². The Bertz CT molecular complexity index is 1220. The van der Waals surface area contributed by atoms with Gasteiger partial charge in [0.05, 0.1) is 4.90 Å². The lowest BCUT2D eigenvalue weighted by Gasteiger charge is -2.28. The number of anilines is 1. The fourth-order valence-corrected chi connectivity index (χ4v) is 4.08. The number of hydrogen-bond acceptors (Lipinski definition) is 5. The number of hydrogen-bond donors (Lipinski definition) is 2. The number of rotatable bonds is 6. The van der Waals surface area contributed by atoms with Gasteiger partial charge >= 0.3 is 0 Å². The molecule has 0 aliphatic carbocycles. The highest BCUT2D eigenvalue weighted by Crippen LogP contribution is 2.32. The van der Waals surface area contributed by atoms with Gasteiger partial charge < -0.3 is 5.32 Å². The number of pyridine rings is 1. The Morgan fingerprint density at radius 3 is 2.25 bits per heavy atom. The summed E-state index contributed by atoms with van der Waals surface area (Å²) < 4.78 is 30.2. The van der Waals surface area contributed by atoms with E-state index in [2.05, 4.69) is 20.1 Å². The quantitative estimate of drug-likeness (QED) is 0.558. The van der Waals surface area contributed by atoms with E-state index in [-0.39, 0.29) is 27.7 Å². The molecule has 3 aromatic rings. The molecule has 0 bridgehead atoms. The lowest BCUT2D eigenvalue weighted by Crippen LogP contribution is -2.42. The van der Waals surface area contributed by atoms with Gasteiger partial charge in [0, 0.05) is 36.1 Å². The molecule has 0 saturated heterocycles. The topological polar surface area (TPSA) is 106 Å². The van der Waals surface area contributed by atoms with Gasteiger partial charge in [-0.25, -0.2) is 8.42 Å². The molecule has 2 aromatic heterocycles. The number of nitrogens with one attached hydrogen (secondary N) is 2. The van der Waals surface area contributed by atoms with Crippen LogP contribution in [0.25, 0.3) is 11.3 Å². The minimum atomic E-state index is -4.02. The molecule has 3 rings (SSSR count). The van der Waals surface area contributed by atoms with Gasteiger partial charge in [-0.2, -0.15) is 5.10 Å². The number of aromatic nitrogens is 3. The average molecular weight is 476 g/mol. The fourth-order valence-electron chi connectivity index (χ4n) is 2.88. The summed E-state index contributed by atoms with van der Waals surface area (Å²) >= 11 is 5.90. The van der Waals surface area contributed by atoms with Crippen molar-refractivity contribution in [3.63, 3.8) is 0 Å². The van der Waals surface area contributed by atoms with E-state index < -0.39 is 15.9 Å². The molecular formula is C22H26ClN5O3S. The molecule has 0 fully saturated rings. The van der Waals surface area contributed by atoms with Crippen LogP contribution in [-0.4, -0.2) is 35.1 Å². The van der Waals surface area contributed by atoms with Crippen molar-refractivity contribution >= 4 is 33.2 Å². The second-order valence-corrected chi connectivity index (χ2v) is 10.7. The number of nitrogens with zero attached hydrogens (tertiary/aromatic N) is 3. The zero-order valence-corrected chi connectivity index (χ0v) is 20.1. The molecule has 1 atom stereocenters. The predicted molar refractivity (Wildman–Crippen MR) is 125 cm³/mol. The molecule has 8 nitrogen and oxygen atoms in total. The van der Waals surface area contributed by atoms with Gasteiger partial charge in [-0.05, 0) is 48.7 Å². The molecule has 2 heterocycles. The average Bonchev–Trinajstić information content (AvgIpc) is 3.03. The van der Waals surface area contributed by atoms with E-state index in [0.717, 1.165) is 0 Å². The van der Waals surface area contributed by atoms with Crippen LogP contribution in [0.1, 0.15) is 38.2 Å². The van der Waals surface area contributed by atoms with E-state index >= 15 is 0 Å². The van der Waals surface area contributed by atoms with Crippen LogP contribution in [-0.2, 0) is 17.1 Å². The minimum absolute atomic E-state index is 0.0147. The SMILES string of the molecule is CC(NC(=O)c1c(NS(=O)(=O)c2ccc(Cl)cc2)c(-c2ccncc2)nn1C)C(C)(C)C. The highest BCUT2D eigenvalue weighted by atomic mass is 35.5. The van der Waals surface area contributed by atoms with Crippen molar-refractivity contribution < 1.29 is 13.2 Å². The van der Waals surface area contributed by atoms with E-state index in [9.17, 15) is 13.2 Å². The molecular weight excluding hydrogens is 450 g/mol. The molecule has 0 saturated carbocycles. The molecule has 1 amide bonds. The van der Waals surface area contributed by atoms with Crippen LogP contribution < -0.4 is 10.0 Å². The molecule has 0 aliphatic rings. The molecule has 32 heavy (non-hydrogen) atoms. The first kappa shape index (κ1) is 23.7. The number of aryl methyl sites for hydroxylation is 1. The Morgan fingerprint density at radius 1 is 1.09 bits per heavy atom. The van der Waals surface area contributed by atoms with Crippen LogP contribution in [0.3, 0.4) is 0 Å².